The summed E-state index contributed by atoms with van der Waals surface area (Å²) in [6, 6.07) is 9.32. The van der Waals surface area contributed by atoms with Crippen LogP contribution in [0.15, 0.2) is 36.4 Å². The van der Waals surface area contributed by atoms with Crippen LogP contribution in [0.1, 0.15) is 11.1 Å². The Bertz CT molecular complexity index is 795. The van der Waals surface area contributed by atoms with Crippen LogP contribution in [-0.2, 0) is 14.3 Å². The summed E-state index contributed by atoms with van der Waals surface area (Å²) in [6.07, 6.45) is 0. The maximum atomic E-state index is 13.6. The van der Waals surface area contributed by atoms with Gasteiger partial charge in [-0.15, -0.1) is 0 Å². The van der Waals surface area contributed by atoms with Gasteiger partial charge in [0.25, 0.3) is 5.91 Å². The molecule has 0 heterocycles. The SMILES string of the molecule is Cc1cccc(OCC(=O)OCC(=O)Nc2ccc(Cl)cc2F)c1C. The second kappa shape index (κ2) is 8.48. The molecular weight excluding hydrogens is 349 g/mol. The topological polar surface area (TPSA) is 64.6 Å². The highest BCUT2D eigenvalue weighted by atomic mass is 35.5. The Morgan fingerprint density at radius 1 is 1.16 bits per heavy atom. The fraction of sp³-hybridized carbons (Fsp3) is 0.222. The fourth-order valence-corrected chi connectivity index (χ4v) is 2.14. The number of amides is 1. The Morgan fingerprint density at radius 2 is 1.92 bits per heavy atom. The van der Waals surface area contributed by atoms with Crippen LogP contribution in [-0.4, -0.2) is 25.1 Å². The van der Waals surface area contributed by atoms with Gasteiger partial charge in [0.2, 0.25) is 0 Å². The van der Waals surface area contributed by atoms with Gasteiger partial charge in [-0.2, -0.15) is 0 Å². The first-order valence-corrected chi connectivity index (χ1v) is 7.84. The summed E-state index contributed by atoms with van der Waals surface area (Å²) < 4.78 is 23.7. The first kappa shape index (κ1) is 18.7. The van der Waals surface area contributed by atoms with E-state index in [0.717, 1.165) is 17.2 Å². The quantitative estimate of drug-likeness (QED) is 0.793. The van der Waals surface area contributed by atoms with E-state index in [9.17, 15) is 14.0 Å². The van der Waals surface area contributed by atoms with E-state index >= 15 is 0 Å². The van der Waals surface area contributed by atoms with Gasteiger partial charge in [0.15, 0.2) is 13.2 Å². The van der Waals surface area contributed by atoms with Crippen LogP contribution in [0.5, 0.6) is 5.75 Å². The van der Waals surface area contributed by atoms with Gasteiger partial charge in [0.05, 0.1) is 5.69 Å². The van der Waals surface area contributed by atoms with Crippen molar-refractivity contribution in [1.82, 2.24) is 0 Å². The summed E-state index contributed by atoms with van der Waals surface area (Å²) in [5.74, 6) is -1.47. The van der Waals surface area contributed by atoms with Crippen molar-refractivity contribution in [1.29, 1.82) is 0 Å². The van der Waals surface area contributed by atoms with E-state index in [1.807, 2.05) is 26.0 Å². The van der Waals surface area contributed by atoms with E-state index < -0.39 is 24.3 Å². The molecule has 0 aromatic heterocycles. The maximum Gasteiger partial charge on any atom is 0.344 e. The van der Waals surface area contributed by atoms with Crippen molar-refractivity contribution in [3.8, 4) is 5.75 Å². The number of halogens is 2. The van der Waals surface area contributed by atoms with Crippen molar-refractivity contribution in [2.24, 2.45) is 0 Å². The number of carbonyl (C=O) groups is 2. The zero-order chi connectivity index (χ0) is 18.4. The van der Waals surface area contributed by atoms with Crippen LogP contribution >= 0.6 is 11.6 Å². The van der Waals surface area contributed by atoms with Gasteiger partial charge in [-0.3, -0.25) is 4.79 Å². The van der Waals surface area contributed by atoms with Gasteiger partial charge in [-0.1, -0.05) is 23.7 Å². The van der Waals surface area contributed by atoms with E-state index in [1.54, 1.807) is 6.07 Å². The number of anilines is 1. The molecule has 0 saturated carbocycles. The first-order chi connectivity index (χ1) is 11.9. The summed E-state index contributed by atoms with van der Waals surface area (Å²) in [5, 5.41) is 2.51. The third kappa shape index (κ3) is 5.46. The van der Waals surface area contributed by atoms with Crippen LogP contribution in [0, 0.1) is 19.7 Å². The van der Waals surface area contributed by atoms with E-state index in [0.29, 0.717) is 5.75 Å². The smallest absolute Gasteiger partial charge is 0.344 e. The molecule has 0 aliphatic carbocycles. The molecule has 0 atom stereocenters. The Balaban J connectivity index is 1.79. The zero-order valence-corrected chi connectivity index (χ0v) is 14.5. The zero-order valence-electron chi connectivity index (χ0n) is 13.8. The van der Waals surface area contributed by atoms with Crippen LogP contribution in [0.3, 0.4) is 0 Å². The number of ether oxygens (including phenoxy) is 2. The highest BCUT2D eigenvalue weighted by Gasteiger charge is 2.12. The molecule has 25 heavy (non-hydrogen) atoms. The number of benzene rings is 2. The highest BCUT2D eigenvalue weighted by Crippen LogP contribution is 2.20. The number of esters is 1. The van der Waals surface area contributed by atoms with Gasteiger partial charge in [-0.25, -0.2) is 9.18 Å². The molecule has 0 aliphatic heterocycles. The standard InChI is InChI=1S/C18H17ClFNO4/c1-11-4-3-5-16(12(11)2)24-10-18(23)25-9-17(22)21-15-7-6-13(19)8-14(15)20/h3-8H,9-10H2,1-2H3,(H,21,22). The summed E-state index contributed by atoms with van der Waals surface area (Å²) in [7, 11) is 0. The third-order valence-electron chi connectivity index (χ3n) is 3.47. The number of hydrogen-bond donors (Lipinski definition) is 1. The predicted octanol–water partition coefficient (Wildman–Crippen LogP) is 3.66. The van der Waals surface area contributed by atoms with Crippen LogP contribution in [0.2, 0.25) is 5.02 Å². The number of rotatable bonds is 6. The normalized spacial score (nSPS) is 10.2. The molecule has 5 nitrogen and oxygen atoms in total. The van der Waals surface area contributed by atoms with E-state index in [4.69, 9.17) is 21.1 Å². The summed E-state index contributed by atoms with van der Waals surface area (Å²) in [5.41, 5.74) is 1.92. The minimum atomic E-state index is -0.701. The van der Waals surface area contributed by atoms with Crippen molar-refractivity contribution in [3.05, 3.63) is 58.4 Å². The van der Waals surface area contributed by atoms with E-state index in [1.165, 1.54) is 12.1 Å². The number of hydrogen-bond acceptors (Lipinski definition) is 4. The van der Waals surface area contributed by atoms with E-state index in [-0.39, 0.29) is 17.3 Å². The fourth-order valence-electron chi connectivity index (χ4n) is 1.98. The van der Waals surface area contributed by atoms with Gasteiger partial charge in [0, 0.05) is 5.02 Å². The largest absolute Gasteiger partial charge is 0.482 e. The molecule has 7 heteroatoms. The van der Waals surface area contributed by atoms with Gasteiger partial charge >= 0.3 is 5.97 Å². The molecule has 1 N–H and O–H groups in total. The van der Waals surface area contributed by atoms with Crippen molar-refractivity contribution < 1.29 is 23.5 Å². The Morgan fingerprint density at radius 3 is 2.64 bits per heavy atom. The Kier molecular flexibility index (Phi) is 6.36. The first-order valence-electron chi connectivity index (χ1n) is 7.46. The van der Waals surface area contributed by atoms with Gasteiger partial charge in [-0.05, 0) is 49.2 Å². The summed E-state index contributed by atoms with van der Waals surface area (Å²) in [6.45, 7) is 2.94. The lowest BCUT2D eigenvalue weighted by molar-refractivity contribution is -0.149. The molecule has 2 aromatic rings. The lowest BCUT2D eigenvalue weighted by atomic mass is 10.1. The molecule has 0 spiro atoms. The molecule has 1 amide bonds. The molecule has 0 aliphatic rings. The number of aryl methyl sites for hydroxylation is 1. The summed E-state index contributed by atoms with van der Waals surface area (Å²) >= 11 is 5.63. The number of nitrogens with one attached hydrogen (secondary N) is 1. The second-order valence-electron chi connectivity index (χ2n) is 5.32. The molecule has 0 unspecified atom stereocenters. The average molecular weight is 366 g/mol. The minimum absolute atomic E-state index is 0.0444. The molecule has 0 radical (unpaired) electrons. The molecule has 0 saturated heterocycles. The maximum absolute atomic E-state index is 13.6. The van der Waals surface area contributed by atoms with Crippen LogP contribution in [0.4, 0.5) is 10.1 Å². The molecule has 132 valence electrons. The third-order valence-corrected chi connectivity index (χ3v) is 3.71. The van der Waals surface area contributed by atoms with Crippen molar-refractivity contribution in [2.45, 2.75) is 13.8 Å². The van der Waals surface area contributed by atoms with Crippen molar-refractivity contribution in [3.63, 3.8) is 0 Å². The van der Waals surface area contributed by atoms with Gasteiger partial charge < -0.3 is 14.8 Å². The lowest BCUT2D eigenvalue weighted by Gasteiger charge is -2.11. The minimum Gasteiger partial charge on any atom is -0.482 e. The highest BCUT2D eigenvalue weighted by molar-refractivity contribution is 6.30. The average Bonchev–Trinajstić information content (AvgIpc) is 2.57. The Labute approximate surface area is 149 Å². The van der Waals surface area contributed by atoms with E-state index in [2.05, 4.69) is 5.32 Å². The predicted molar refractivity (Wildman–Crippen MR) is 92.4 cm³/mol. The Hall–Kier alpha value is -2.60. The molecule has 0 bridgehead atoms. The molecule has 2 aromatic carbocycles. The number of carbonyl (C=O) groups excluding carboxylic acids is 2. The van der Waals surface area contributed by atoms with Crippen molar-refractivity contribution >= 4 is 29.2 Å². The monoisotopic (exact) mass is 365 g/mol. The molecular formula is C18H17ClFNO4. The lowest BCUT2D eigenvalue weighted by Crippen LogP contribution is -2.24. The second-order valence-corrected chi connectivity index (χ2v) is 5.76. The molecule has 2 rings (SSSR count). The van der Waals surface area contributed by atoms with Gasteiger partial charge in [0.1, 0.15) is 11.6 Å². The molecule has 0 fully saturated rings. The van der Waals surface area contributed by atoms with Crippen LogP contribution < -0.4 is 10.1 Å². The van der Waals surface area contributed by atoms with Crippen LogP contribution in [0.25, 0.3) is 0 Å². The van der Waals surface area contributed by atoms with Crippen molar-refractivity contribution in [2.75, 3.05) is 18.5 Å². The summed E-state index contributed by atoms with van der Waals surface area (Å²) in [4.78, 5) is 23.4.